The van der Waals surface area contributed by atoms with Gasteiger partial charge in [-0.2, -0.15) is 13.2 Å². The molecular weight excluding hydrogens is 579 g/mol. The highest BCUT2D eigenvalue weighted by Crippen LogP contribution is 2.46. The summed E-state index contributed by atoms with van der Waals surface area (Å²) in [5.41, 5.74) is -0.465. The van der Waals surface area contributed by atoms with E-state index in [0.717, 1.165) is 16.7 Å². The number of methoxy groups -OCH3 is 2. The van der Waals surface area contributed by atoms with Crippen molar-refractivity contribution in [3.8, 4) is 10.6 Å². The zero-order chi connectivity index (χ0) is 30.6. The molecule has 2 aromatic rings. The van der Waals surface area contributed by atoms with E-state index in [4.69, 9.17) is 9.47 Å². The molecule has 2 amide bonds. The van der Waals surface area contributed by atoms with E-state index in [-0.39, 0.29) is 54.0 Å². The lowest BCUT2D eigenvalue weighted by Crippen LogP contribution is -2.54. The molecule has 0 spiro atoms. The summed E-state index contributed by atoms with van der Waals surface area (Å²) in [5.74, 6) is -2.76. The molecule has 0 radical (unpaired) electrons. The molecule has 11 nitrogen and oxygen atoms in total. The maximum absolute atomic E-state index is 13.4. The third kappa shape index (κ3) is 6.73. The first-order valence-corrected chi connectivity index (χ1v) is 14.2. The van der Waals surface area contributed by atoms with Crippen molar-refractivity contribution in [2.24, 2.45) is 5.92 Å². The fourth-order valence-corrected chi connectivity index (χ4v) is 6.48. The number of carboxylic acid groups (broad SMARTS) is 1. The molecule has 3 heterocycles. The highest BCUT2D eigenvalue weighted by molar-refractivity contribution is 7.13. The van der Waals surface area contributed by atoms with Crippen LogP contribution in [0.3, 0.4) is 0 Å². The predicted octanol–water partition coefficient (Wildman–Crippen LogP) is 4.13. The van der Waals surface area contributed by atoms with E-state index in [1.165, 1.54) is 32.7 Å². The van der Waals surface area contributed by atoms with Crippen LogP contribution in [0.4, 0.5) is 23.8 Å². The number of ether oxygens (including phenoxy) is 2. The summed E-state index contributed by atoms with van der Waals surface area (Å²) in [4.78, 5) is 47.6. The summed E-state index contributed by atoms with van der Waals surface area (Å²) in [6.07, 6.45) is -0.499. The minimum absolute atomic E-state index is 0.0868. The maximum Gasteiger partial charge on any atom is 0.434 e. The van der Waals surface area contributed by atoms with Crippen LogP contribution >= 0.6 is 11.3 Å². The van der Waals surface area contributed by atoms with Crippen molar-refractivity contribution in [1.82, 2.24) is 20.2 Å². The van der Waals surface area contributed by atoms with E-state index in [1.807, 2.05) is 4.90 Å². The van der Waals surface area contributed by atoms with Gasteiger partial charge < -0.3 is 24.8 Å². The van der Waals surface area contributed by atoms with Crippen molar-refractivity contribution in [3.05, 3.63) is 40.7 Å². The Bertz CT molecular complexity index is 1340. The number of nitrogens with zero attached hydrogens (tertiary/aromatic N) is 3. The number of carbonyl (C=O) groups is 3. The Kier molecular flexibility index (Phi) is 9.84. The number of ketones is 1. The van der Waals surface area contributed by atoms with Crippen LogP contribution in [-0.2, 0) is 25.2 Å². The van der Waals surface area contributed by atoms with Crippen LogP contribution in [-0.4, -0.2) is 83.8 Å². The van der Waals surface area contributed by atoms with Crippen LogP contribution in [0.5, 0.6) is 0 Å². The number of nitrogens with one attached hydrogen (secondary N) is 2. The predicted molar refractivity (Wildman–Crippen MR) is 147 cm³/mol. The Labute approximate surface area is 244 Å². The number of hydrogen-bond donors (Lipinski definition) is 3. The Morgan fingerprint density at radius 2 is 1.95 bits per heavy atom. The van der Waals surface area contributed by atoms with Crippen LogP contribution in [0.15, 0.2) is 29.4 Å². The average Bonchev–Trinajstić information content (AvgIpc) is 3.44. The number of hydrogen-bond acceptors (Lipinski definition) is 9. The summed E-state index contributed by atoms with van der Waals surface area (Å²) in [7, 11) is 3.05. The summed E-state index contributed by atoms with van der Waals surface area (Å²) < 4.78 is 50.9. The van der Waals surface area contributed by atoms with Crippen LogP contribution < -0.4 is 10.6 Å². The number of urea groups is 1. The van der Waals surface area contributed by atoms with Crippen LogP contribution in [0, 0.1) is 5.92 Å². The van der Waals surface area contributed by atoms with E-state index < -0.39 is 35.6 Å². The number of fused-ring (bicyclic) bond motifs is 1. The number of aliphatic carboxylic acids is 1. The molecule has 3 atom stereocenters. The minimum Gasteiger partial charge on any atom is -0.478 e. The third-order valence-corrected chi connectivity index (χ3v) is 8.30. The van der Waals surface area contributed by atoms with Crippen molar-refractivity contribution in [2.45, 2.75) is 50.4 Å². The molecule has 2 aromatic heterocycles. The van der Waals surface area contributed by atoms with Gasteiger partial charge in [-0.25, -0.2) is 19.6 Å². The van der Waals surface area contributed by atoms with Crippen molar-refractivity contribution >= 4 is 34.9 Å². The van der Waals surface area contributed by atoms with E-state index in [2.05, 4.69) is 20.6 Å². The largest absolute Gasteiger partial charge is 0.478 e. The summed E-state index contributed by atoms with van der Waals surface area (Å²) in [6.45, 7) is 2.59. The Balaban J connectivity index is 1.72. The summed E-state index contributed by atoms with van der Waals surface area (Å²) in [5, 5.41) is 16.0. The minimum atomic E-state index is -4.64. The zero-order valence-corrected chi connectivity index (χ0v) is 24.1. The fourth-order valence-electron chi connectivity index (χ4n) is 5.62. The molecule has 3 N–H and O–H groups in total. The second-order valence-electron chi connectivity index (χ2n) is 10.1. The summed E-state index contributed by atoms with van der Waals surface area (Å²) in [6, 6.07) is 0.292. The number of rotatable bonds is 10. The molecule has 0 bridgehead atoms. The molecule has 0 saturated heterocycles. The normalized spacial score (nSPS) is 20.7. The van der Waals surface area contributed by atoms with Gasteiger partial charge in [-0.3, -0.25) is 10.1 Å². The maximum atomic E-state index is 13.4. The number of thiazole rings is 1. The van der Waals surface area contributed by atoms with Crippen molar-refractivity contribution < 1.29 is 42.1 Å². The molecule has 1 fully saturated rings. The number of Topliss-reactive ketones (excluding diaryl/α,β-unsaturated/α-hetero) is 1. The quantitative estimate of drug-likeness (QED) is 0.338. The zero-order valence-electron chi connectivity index (χ0n) is 23.2. The van der Waals surface area contributed by atoms with Gasteiger partial charge in [0.25, 0.3) is 0 Å². The molecule has 0 aromatic carbocycles. The third-order valence-electron chi connectivity index (χ3n) is 7.43. The van der Waals surface area contributed by atoms with Gasteiger partial charge in [-0.05, 0) is 43.7 Å². The smallest absolute Gasteiger partial charge is 0.434 e. The molecule has 15 heteroatoms. The van der Waals surface area contributed by atoms with Crippen LogP contribution in [0.1, 0.15) is 43.4 Å². The molecular formula is C27H32F3N5O6S. The van der Waals surface area contributed by atoms with Gasteiger partial charge in [0.1, 0.15) is 16.4 Å². The van der Waals surface area contributed by atoms with E-state index in [0.29, 0.717) is 30.5 Å². The topological polar surface area (TPSA) is 143 Å². The first-order chi connectivity index (χ1) is 20.0. The molecule has 1 saturated carbocycles. The SMILES string of the molecule is CCNC(=O)Nc1cc(-c2nc(C(F)(F)F)cs2)c(C2CCC3C(C2)C(=O)C(C(=O)O)=CN3C(COC)COC)cn1. The number of anilines is 1. The van der Waals surface area contributed by atoms with E-state index >= 15 is 0 Å². The Hall–Kier alpha value is -3.56. The Morgan fingerprint density at radius 3 is 2.55 bits per heavy atom. The standard InChI is InChI=1S/C27H32F3N5O6S/c1-4-31-26(39)34-22-8-16(24-33-21(13-42-24)27(28,29)30)18(9-32-22)14-5-6-20-17(7-14)23(36)19(25(37)38)10-35(20)15(11-40-2)12-41-3/h8-10,13-15,17,20H,4-7,11-12H2,1-3H3,(H,37,38)(H2,31,32,34,39). The number of carboxylic acids is 1. The van der Waals surface area contributed by atoms with Gasteiger partial charge in [0.15, 0.2) is 11.5 Å². The molecule has 3 unspecified atom stereocenters. The van der Waals surface area contributed by atoms with Gasteiger partial charge in [-0.1, -0.05) is 0 Å². The Morgan fingerprint density at radius 1 is 1.24 bits per heavy atom. The van der Waals surface area contributed by atoms with Crippen molar-refractivity contribution in [2.75, 3.05) is 39.3 Å². The van der Waals surface area contributed by atoms with Gasteiger partial charge >= 0.3 is 18.2 Å². The van der Waals surface area contributed by atoms with E-state index in [9.17, 15) is 32.7 Å². The number of amides is 2. The molecule has 4 rings (SSSR count). The number of aromatic nitrogens is 2. The molecule has 228 valence electrons. The first kappa shape index (κ1) is 31.4. The lowest BCUT2D eigenvalue weighted by atomic mass is 9.70. The van der Waals surface area contributed by atoms with Gasteiger partial charge in [0.2, 0.25) is 0 Å². The highest BCUT2D eigenvalue weighted by Gasteiger charge is 2.46. The lowest BCUT2D eigenvalue weighted by Gasteiger charge is -2.47. The van der Waals surface area contributed by atoms with Crippen molar-refractivity contribution in [3.63, 3.8) is 0 Å². The monoisotopic (exact) mass is 611 g/mol. The molecule has 1 aliphatic heterocycles. The number of alkyl halides is 3. The second kappa shape index (κ2) is 13.2. The van der Waals surface area contributed by atoms with Gasteiger partial charge in [0.05, 0.1) is 19.3 Å². The van der Waals surface area contributed by atoms with Gasteiger partial charge in [-0.15, -0.1) is 11.3 Å². The van der Waals surface area contributed by atoms with Crippen LogP contribution in [0.2, 0.25) is 0 Å². The molecule has 42 heavy (non-hydrogen) atoms. The fraction of sp³-hybridized carbons (Fsp3) is 0.519. The lowest BCUT2D eigenvalue weighted by molar-refractivity contribution is -0.141. The first-order valence-electron chi connectivity index (χ1n) is 13.3. The number of pyridine rings is 1. The van der Waals surface area contributed by atoms with E-state index in [1.54, 1.807) is 6.92 Å². The summed E-state index contributed by atoms with van der Waals surface area (Å²) >= 11 is 0.811. The molecule has 2 aliphatic rings. The highest BCUT2D eigenvalue weighted by atomic mass is 32.1. The number of carbonyl (C=O) groups excluding carboxylic acids is 2. The molecule has 1 aliphatic carbocycles. The number of halogens is 3. The average molecular weight is 612 g/mol. The second-order valence-corrected chi connectivity index (χ2v) is 10.9. The van der Waals surface area contributed by atoms with Gasteiger partial charge in [0, 0.05) is 56.1 Å². The van der Waals surface area contributed by atoms with Crippen LogP contribution in [0.25, 0.3) is 10.6 Å². The van der Waals surface area contributed by atoms with Crippen molar-refractivity contribution in [1.29, 1.82) is 0 Å².